The van der Waals surface area contributed by atoms with Crippen LogP contribution in [0.1, 0.15) is 34.6 Å². The van der Waals surface area contributed by atoms with Crippen molar-refractivity contribution in [2.45, 2.75) is 13.0 Å². The number of anilines is 1. The summed E-state index contributed by atoms with van der Waals surface area (Å²) in [5.41, 5.74) is 8.35. The normalized spacial score (nSPS) is 11.9. The van der Waals surface area contributed by atoms with E-state index >= 15 is 0 Å². The van der Waals surface area contributed by atoms with Gasteiger partial charge in [0.05, 0.1) is 18.0 Å². The van der Waals surface area contributed by atoms with Crippen molar-refractivity contribution in [1.29, 1.82) is 0 Å². The number of nitrogens with zero attached hydrogens (tertiary/aromatic N) is 5. The molecule has 0 spiro atoms. The highest BCUT2D eigenvalue weighted by Crippen LogP contribution is 2.24. The molecule has 1 unspecified atom stereocenters. The Balaban J connectivity index is 1.63. The lowest BCUT2D eigenvalue weighted by molar-refractivity contribution is 0.0941. The summed E-state index contributed by atoms with van der Waals surface area (Å²) in [6.45, 7) is 2.40. The van der Waals surface area contributed by atoms with E-state index in [0.717, 1.165) is 5.39 Å². The number of para-hydroxylation sites is 1. The minimum absolute atomic E-state index is 0.0771. The zero-order chi connectivity index (χ0) is 26.8. The van der Waals surface area contributed by atoms with Gasteiger partial charge in [-0.3, -0.25) is 19.1 Å². The van der Waals surface area contributed by atoms with Gasteiger partial charge in [-0.2, -0.15) is 0 Å². The number of hydrogen-bond acceptors (Lipinski definition) is 6. The van der Waals surface area contributed by atoms with E-state index in [4.69, 9.17) is 5.73 Å². The topological polar surface area (TPSA) is 111 Å². The number of nitrogens with one attached hydrogen (secondary N) is 1. The molecule has 0 aliphatic carbocycles. The van der Waals surface area contributed by atoms with Crippen molar-refractivity contribution in [1.82, 2.24) is 29.4 Å². The van der Waals surface area contributed by atoms with Gasteiger partial charge in [0.15, 0.2) is 11.5 Å². The quantitative estimate of drug-likeness (QED) is 0.355. The number of rotatable bonds is 5. The summed E-state index contributed by atoms with van der Waals surface area (Å²) in [6, 6.07) is 18.0. The lowest BCUT2D eigenvalue weighted by Gasteiger charge is -2.21. The molecule has 0 fully saturated rings. The minimum atomic E-state index is -0.554. The number of nitrogen functional groups attached to an aromatic ring is 1. The highest BCUT2D eigenvalue weighted by molar-refractivity contribution is 6.04. The van der Waals surface area contributed by atoms with Gasteiger partial charge in [-0.1, -0.05) is 42.2 Å². The summed E-state index contributed by atoms with van der Waals surface area (Å²) in [4.78, 5) is 33.6. The molecule has 38 heavy (non-hydrogen) atoms. The SMILES string of the molecule is CC(NC(=O)c1c(N)nn2cccnc12)c1cc2cccc(C#CCN(C)C)c2c(=O)n1-c1ccccc1. The fourth-order valence-corrected chi connectivity index (χ4v) is 4.41. The summed E-state index contributed by atoms with van der Waals surface area (Å²) < 4.78 is 3.09. The first kappa shape index (κ1) is 24.7. The van der Waals surface area contributed by atoms with E-state index in [0.29, 0.717) is 34.5 Å². The average molecular weight is 506 g/mol. The highest BCUT2D eigenvalue weighted by Gasteiger charge is 2.23. The summed E-state index contributed by atoms with van der Waals surface area (Å²) in [7, 11) is 3.89. The predicted octanol–water partition coefficient (Wildman–Crippen LogP) is 3.02. The molecule has 5 aromatic rings. The zero-order valence-electron chi connectivity index (χ0n) is 21.3. The molecule has 9 heteroatoms. The Bertz CT molecular complexity index is 1780. The Kier molecular flexibility index (Phi) is 6.64. The number of fused-ring (bicyclic) bond motifs is 2. The van der Waals surface area contributed by atoms with Gasteiger partial charge in [0, 0.05) is 29.3 Å². The second-order valence-corrected chi connectivity index (χ2v) is 9.20. The molecule has 3 heterocycles. The molecule has 0 aliphatic rings. The third-order valence-corrected chi connectivity index (χ3v) is 6.15. The first-order valence-corrected chi connectivity index (χ1v) is 12.1. The molecule has 190 valence electrons. The smallest absolute Gasteiger partial charge is 0.264 e. The number of pyridine rings is 1. The van der Waals surface area contributed by atoms with Gasteiger partial charge < -0.3 is 11.1 Å². The van der Waals surface area contributed by atoms with E-state index in [1.54, 1.807) is 23.0 Å². The van der Waals surface area contributed by atoms with E-state index in [1.165, 1.54) is 4.52 Å². The predicted molar refractivity (Wildman–Crippen MR) is 148 cm³/mol. The second-order valence-electron chi connectivity index (χ2n) is 9.20. The van der Waals surface area contributed by atoms with E-state index in [1.807, 2.05) is 80.5 Å². The van der Waals surface area contributed by atoms with Crippen LogP contribution in [-0.2, 0) is 0 Å². The van der Waals surface area contributed by atoms with Crippen LogP contribution < -0.4 is 16.6 Å². The van der Waals surface area contributed by atoms with Gasteiger partial charge in [0.2, 0.25) is 0 Å². The number of carbonyl (C=O) groups excluding carboxylic acids is 1. The maximum Gasteiger partial charge on any atom is 0.264 e. The molecule has 9 nitrogen and oxygen atoms in total. The third kappa shape index (κ3) is 4.61. The number of carbonyl (C=O) groups is 1. The van der Waals surface area contributed by atoms with Crippen LogP contribution in [0.4, 0.5) is 5.82 Å². The molecular formula is C29H27N7O2. The molecule has 2 aromatic carbocycles. The van der Waals surface area contributed by atoms with Crippen LogP contribution in [-0.4, -0.2) is 50.6 Å². The Hall–Kier alpha value is -4.94. The molecule has 1 amide bonds. The van der Waals surface area contributed by atoms with Gasteiger partial charge in [0.1, 0.15) is 5.56 Å². The number of nitrogens with two attached hydrogens (primary N) is 1. The van der Waals surface area contributed by atoms with Gasteiger partial charge in [-0.25, -0.2) is 9.50 Å². The summed E-state index contributed by atoms with van der Waals surface area (Å²) >= 11 is 0. The first-order chi connectivity index (χ1) is 18.3. The van der Waals surface area contributed by atoms with Crippen molar-refractivity contribution in [3.8, 4) is 17.5 Å². The molecule has 0 radical (unpaired) electrons. The molecule has 3 N–H and O–H groups in total. The van der Waals surface area contributed by atoms with Crippen LogP contribution >= 0.6 is 0 Å². The average Bonchev–Trinajstić information content (AvgIpc) is 3.24. The van der Waals surface area contributed by atoms with Gasteiger partial charge >= 0.3 is 0 Å². The Morgan fingerprint density at radius 3 is 2.68 bits per heavy atom. The van der Waals surface area contributed by atoms with Gasteiger partial charge in [-0.15, -0.1) is 5.10 Å². The lowest BCUT2D eigenvalue weighted by atomic mass is 10.0. The van der Waals surface area contributed by atoms with Crippen molar-refractivity contribution in [3.63, 3.8) is 0 Å². The van der Waals surface area contributed by atoms with E-state index in [-0.39, 0.29) is 16.9 Å². The number of benzene rings is 2. The lowest BCUT2D eigenvalue weighted by Crippen LogP contribution is -2.32. The van der Waals surface area contributed by atoms with Gasteiger partial charge in [-0.05, 0) is 56.7 Å². The van der Waals surface area contributed by atoms with Crippen molar-refractivity contribution >= 4 is 28.1 Å². The van der Waals surface area contributed by atoms with E-state index in [2.05, 4.69) is 27.2 Å². The maximum atomic E-state index is 14.0. The summed E-state index contributed by atoms with van der Waals surface area (Å²) in [5.74, 6) is 5.93. The fourth-order valence-electron chi connectivity index (χ4n) is 4.41. The largest absolute Gasteiger partial charge is 0.381 e. The molecule has 0 aliphatic heterocycles. The molecule has 0 saturated carbocycles. The fraction of sp³-hybridized carbons (Fsp3) is 0.172. The van der Waals surface area contributed by atoms with Crippen LogP contribution in [0.15, 0.2) is 77.9 Å². The Morgan fingerprint density at radius 2 is 1.92 bits per heavy atom. The number of aromatic nitrogens is 4. The van der Waals surface area contributed by atoms with Crippen LogP contribution in [0.5, 0.6) is 0 Å². The molecule has 0 saturated heterocycles. The standard InChI is InChI=1S/C29H27N7O2/c1-19(32-28(37)25-26(30)33-35-17-9-15-31-27(25)35)23-18-21-11-7-10-20(12-8-16-34(2)3)24(21)29(38)36(23)22-13-5-4-6-14-22/h4-7,9-11,13-15,17-19H,16H2,1-3H3,(H2,30,33)(H,32,37). The molecule has 3 aromatic heterocycles. The Labute approximate surface area is 219 Å². The van der Waals surface area contributed by atoms with E-state index in [9.17, 15) is 9.59 Å². The van der Waals surface area contributed by atoms with Crippen molar-refractivity contribution in [3.05, 3.63) is 100 Å². The van der Waals surface area contributed by atoms with Crippen LogP contribution in [0.3, 0.4) is 0 Å². The molecule has 1 atom stereocenters. The van der Waals surface area contributed by atoms with Crippen LogP contribution in [0, 0.1) is 11.8 Å². The third-order valence-electron chi connectivity index (χ3n) is 6.15. The van der Waals surface area contributed by atoms with Crippen molar-refractivity contribution < 1.29 is 4.79 Å². The monoisotopic (exact) mass is 505 g/mol. The first-order valence-electron chi connectivity index (χ1n) is 12.1. The number of hydrogen-bond donors (Lipinski definition) is 2. The molecular weight excluding hydrogens is 478 g/mol. The van der Waals surface area contributed by atoms with Crippen molar-refractivity contribution in [2.24, 2.45) is 0 Å². The summed E-state index contributed by atoms with van der Waals surface area (Å²) in [5, 5.41) is 8.44. The number of amides is 1. The summed E-state index contributed by atoms with van der Waals surface area (Å²) in [6.07, 6.45) is 3.25. The molecule has 5 rings (SSSR count). The van der Waals surface area contributed by atoms with Gasteiger partial charge in [0.25, 0.3) is 11.5 Å². The maximum absolute atomic E-state index is 14.0. The van der Waals surface area contributed by atoms with E-state index < -0.39 is 11.9 Å². The molecule has 0 bridgehead atoms. The Morgan fingerprint density at radius 1 is 1.13 bits per heavy atom. The zero-order valence-corrected chi connectivity index (χ0v) is 21.3. The highest BCUT2D eigenvalue weighted by atomic mass is 16.2. The van der Waals surface area contributed by atoms with Crippen LogP contribution in [0.2, 0.25) is 0 Å². The minimum Gasteiger partial charge on any atom is -0.381 e. The van der Waals surface area contributed by atoms with Crippen LogP contribution in [0.25, 0.3) is 22.1 Å². The van der Waals surface area contributed by atoms with Crippen molar-refractivity contribution in [2.75, 3.05) is 26.4 Å². The second kappa shape index (κ2) is 10.2.